The first-order valence-corrected chi connectivity index (χ1v) is 6.87. The second kappa shape index (κ2) is 8.14. The molecular weight excluding hydrogens is 272 g/mol. The van der Waals surface area contributed by atoms with E-state index in [4.69, 9.17) is 9.84 Å². The minimum atomic E-state index is -0.913. The standard InChI is InChI=1S/C15H22N2O4/c1-4-17(11(2)9-14(18)19)15(20)16-10-12-5-7-13(21-3)8-6-12/h5-8,11H,4,9-10H2,1-3H3,(H,16,20)(H,18,19). The first-order valence-electron chi connectivity index (χ1n) is 6.87. The zero-order valence-electron chi connectivity index (χ0n) is 12.6. The van der Waals surface area contributed by atoms with Crippen molar-refractivity contribution in [1.82, 2.24) is 10.2 Å². The molecule has 1 aromatic rings. The summed E-state index contributed by atoms with van der Waals surface area (Å²) in [6.45, 7) is 4.40. The lowest BCUT2D eigenvalue weighted by molar-refractivity contribution is -0.138. The summed E-state index contributed by atoms with van der Waals surface area (Å²) in [5.41, 5.74) is 0.950. The number of benzene rings is 1. The van der Waals surface area contributed by atoms with Gasteiger partial charge in [-0.1, -0.05) is 12.1 Å². The molecule has 0 spiro atoms. The van der Waals surface area contributed by atoms with Crippen LogP contribution in [0.1, 0.15) is 25.8 Å². The van der Waals surface area contributed by atoms with Crippen LogP contribution in [0.3, 0.4) is 0 Å². The maximum Gasteiger partial charge on any atom is 0.317 e. The highest BCUT2D eigenvalue weighted by Gasteiger charge is 2.20. The second-order valence-corrected chi connectivity index (χ2v) is 4.74. The maximum atomic E-state index is 12.1. The number of carbonyl (C=O) groups is 2. The summed E-state index contributed by atoms with van der Waals surface area (Å²) >= 11 is 0. The van der Waals surface area contributed by atoms with E-state index in [9.17, 15) is 9.59 Å². The van der Waals surface area contributed by atoms with Gasteiger partial charge in [0.15, 0.2) is 0 Å². The molecule has 6 nitrogen and oxygen atoms in total. The highest BCUT2D eigenvalue weighted by molar-refractivity contribution is 5.75. The van der Waals surface area contributed by atoms with Crippen molar-refractivity contribution in [2.24, 2.45) is 0 Å². The molecule has 1 atom stereocenters. The molecule has 0 heterocycles. The topological polar surface area (TPSA) is 78.9 Å². The summed E-state index contributed by atoms with van der Waals surface area (Å²) in [4.78, 5) is 24.3. The molecule has 0 saturated heterocycles. The molecular formula is C15H22N2O4. The fourth-order valence-corrected chi connectivity index (χ4v) is 2.04. The number of carboxylic acids is 1. The molecule has 2 amide bonds. The van der Waals surface area contributed by atoms with Crippen LogP contribution in [0.2, 0.25) is 0 Å². The van der Waals surface area contributed by atoms with Crippen molar-refractivity contribution in [2.45, 2.75) is 32.9 Å². The number of carbonyl (C=O) groups excluding carboxylic acids is 1. The lowest BCUT2D eigenvalue weighted by Gasteiger charge is -2.27. The Balaban J connectivity index is 2.55. The van der Waals surface area contributed by atoms with Gasteiger partial charge in [0.25, 0.3) is 0 Å². The lowest BCUT2D eigenvalue weighted by Crippen LogP contribution is -2.45. The van der Waals surface area contributed by atoms with Gasteiger partial charge < -0.3 is 20.1 Å². The van der Waals surface area contributed by atoms with Crippen LogP contribution in [0.25, 0.3) is 0 Å². The van der Waals surface area contributed by atoms with Crippen molar-refractivity contribution in [1.29, 1.82) is 0 Å². The minimum absolute atomic E-state index is 0.0657. The number of hydrogen-bond donors (Lipinski definition) is 2. The molecule has 2 N–H and O–H groups in total. The quantitative estimate of drug-likeness (QED) is 0.807. The predicted octanol–water partition coefficient (Wildman–Crippen LogP) is 2.09. The summed E-state index contributed by atoms with van der Waals surface area (Å²) in [5, 5.41) is 11.6. The van der Waals surface area contributed by atoms with Crippen LogP contribution in [0.4, 0.5) is 4.79 Å². The minimum Gasteiger partial charge on any atom is -0.497 e. The molecule has 0 radical (unpaired) electrons. The van der Waals surface area contributed by atoms with E-state index in [1.807, 2.05) is 31.2 Å². The number of urea groups is 1. The van der Waals surface area contributed by atoms with Gasteiger partial charge >= 0.3 is 12.0 Å². The molecule has 0 bridgehead atoms. The number of methoxy groups -OCH3 is 1. The van der Waals surface area contributed by atoms with E-state index in [2.05, 4.69) is 5.32 Å². The van der Waals surface area contributed by atoms with Gasteiger partial charge in [0, 0.05) is 19.1 Å². The third-order valence-electron chi connectivity index (χ3n) is 3.21. The Morgan fingerprint density at radius 3 is 2.43 bits per heavy atom. The molecule has 116 valence electrons. The third-order valence-corrected chi connectivity index (χ3v) is 3.21. The molecule has 0 aliphatic carbocycles. The summed E-state index contributed by atoms with van der Waals surface area (Å²) in [6.07, 6.45) is -0.0657. The SMILES string of the molecule is CCN(C(=O)NCc1ccc(OC)cc1)C(C)CC(=O)O. The number of ether oxygens (including phenoxy) is 1. The van der Waals surface area contributed by atoms with Crippen LogP contribution in [0, 0.1) is 0 Å². The highest BCUT2D eigenvalue weighted by atomic mass is 16.5. The van der Waals surface area contributed by atoms with Crippen LogP contribution in [-0.4, -0.2) is 41.7 Å². The molecule has 1 rings (SSSR count). The Hall–Kier alpha value is -2.24. The summed E-state index contributed by atoms with van der Waals surface area (Å²) < 4.78 is 5.07. The number of nitrogens with zero attached hydrogens (tertiary/aromatic N) is 1. The van der Waals surface area contributed by atoms with Crippen LogP contribution in [0.15, 0.2) is 24.3 Å². The molecule has 1 unspecified atom stereocenters. The van der Waals surface area contributed by atoms with Crippen molar-refractivity contribution in [3.63, 3.8) is 0 Å². The van der Waals surface area contributed by atoms with Crippen molar-refractivity contribution >= 4 is 12.0 Å². The Bertz CT molecular complexity index is 473. The number of aliphatic carboxylic acids is 1. The molecule has 21 heavy (non-hydrogen) atoms. The maximum absolute atomic E-state index is 12.1. The van der Waals surface area contributed by atoms with E-state index in [1.54, 1.807) is 14.0 Å². The third kappa shape index (κ3) is 5.33. The number of rotatable bonds is 7. The summed E-state index contributed by atoms with van der Waals surface area (Å²) in [6, 6.07) is 6.79. The monoisotopic (exact) mass is 294 g/mol. The van der Waals surface area contributed by atoms with Gasteiger partial charge in [-0.3, -0.25) is 4.79 Å². The zero-order valence-corrected chi connectivity index (χ0v) is 12.6. The van der Waals surface area contributed by atoms with E-state index in [0.29, 0.717) is 13.1 Å². The first kappa shape index (κ1) is 16.8. The van der Waals surface area contributed by atoms with Crippen LogP contribution in [-0.2, 0) is 11.3 Å². The van der Waals surface area contributed by atoms with Gasteiger partial charge in [-0.05, 0) is 31.5 Å². The van der Waals surface area contributed by atoms with Gasteiger partial charge in [-0.25, -0.2) is 4.79 Å². The van der Waals surface area contributed by atoms with Gasteiger partial charge in [0.2, 0.25) is 0 Å². The molecule has 6 heteroatoms. The van der Waals surface area contributed by atoms with Crippen LogP contribution in [0.5, 0.6) is 5.75 Å². The number of nitrogens with one attached hydrogen (secondary N) is 1. The van der Waals surface area contributed by atoms with E-state index >= 15 is 0 Å². The average Bonchev–Trinajstić information content (AvgIpc) is 2.45. The normalized spacial score (nSPS) is 11.6. The van der Waals surface area contributed by atoms with E-state index < -0.39 is 5.97 Å². The second-order valence-electron chi connectivity index (χ2n) is 4.74. The number of hydrogen-bond acceptors (Lipinski definition) is 3. The van der Waals surface area contributed by atoms with Crippen molar-refractivity contribution < 1.29 is 19.4 Å². The lowest BCUT2D eigenvalue weighted by atomic mass is 10.2. The molecule has 0 aliphatic heterocycles. The Morgan fingerprint density at radius 1 is 1.33 bits per heavy atom. The van der Waals surface area contributed by atoms with Crippen LogP contribution >= 0.6 is 0 Å². The fraction of sp³-hybridized carbons (Fsp3) is 0.467. The average molecular weight is 294 g/mol. The van der Waals surface area contributed by atoms with Gasteiger partial charge in [0.1, 0.15) is 5.75 Å². The van der Waals surface area contributed by atoms with E-state index in [1.165, 1.54) is 4.90 Å². The van der Waals surface area contributed by atoms with Crippen molar-refractivity contribution in [3.8, 4) is 5.75 Å². The van der Waals surface area contributed by atoms with E-state index in [0.717, 1.165) is 11.3 Å². The fourth-order valence-electron chi connectivity index (χ4n) is 2.04. The summed E-state index contributed by atoms with van der Waals surface area (Å²) in [5.74, 6) is -0.153. The zero-order chi connectivity index (χ0) is 15.8. The van der Waals surface area contributed by atoms with Crippen molar-refractivity contribution in [2.75, 3.05) is 13.7 Å². The first-order chi connectivity index (χ1) is 9.97. The van der Waals surface area contributed by atoms with Crippen LogP contribution < -0.4 is 10.1 Å². The highest BCUT2D eigenvalue weighted by Crippen LogP contribution is 2.11. The molecule has 0 aliphatic rings. The predicted molar refractivity (Wildman–Crippen MR) is 79.3 cm³/mol. The van der Waals surface area contributed by atoms with Crippen molar-refractivity contribution in [3.05, 3.63) is 29.8 Å². The van der Waals surface area contributed by atoms with Gasteiger partial charge in [-0.2, -0.15) is 0 Å². The Labute approximate surface area is 124 Å². The largest absolute Gasteiger partial charge is 0.497 e. The molecule has 0 saturated carbocycles. The van der Waals surface area contributed by atoms with Gasteiger partial charge in [-0.15, -0.1) is 0 Å². The molecule has 0 aromatic heterocycles. The number of amides is 2. The Morgan fingerprint density at radius 2 is 1.95 bits per heavy atom. The summed E-state index contributed by atoms with van der Waals surface area (Å²) in [7, 11) is 1.60. The smallest absolute Gasteiger partial charge is 0.317 e. The van der Waals surface area contributed by atoms with Gasteiger partial charge in [0.05, 0.1) is 13.5 Å². The van der Waals surface area contributed by atoms with E-state index in [-0.39, 0.29) is 18.5 Å². The molecule has 0 fully saturated rings. The number of carboxylic acid groups (broad SMARTS) is 1. The molecule has 1 aromatic carbocycles. The Kier molecular flexibility index (Phi) is 6.52.